The van der Waals surface area contributed by atoms with Crippen molar-refractivity contribution in [3.8, 4) is 0 Å². The summed E-state index contributed by atoms with van der Waals surface area (Å²) >= 11 is 0. The van der Waals surface area contributed by atoms with Gasteiger partial charge in [0.05, 0.1) is 6.61 Å². The third kappa shape index (κ3) is 33.6. The molecule has 0 saturated carbocycles. The summed E-state index contributed by atoms with van der Waals surface area (Å²) in [6.45, 7) is 3.76. The highest BCUT2D eigenvalue weighted by Gasteiger charge is 2.46. The summed E-state index contributed by atoms with van der Waals surface area (Å²) < 4.78 is 54.2. The average molecular weight is 903 g/mol. The molecule has 0 aliphatic carbocycles. The summed E-state index contributed by atoms with van der Waals surface area (Å²) in [4.78, 5) is 25.5. The van der Waals surface area contributed by atoms with Crippen molar-refractivity contribution in [3.63, 3.8) is 0 Å². The number of rotatable bonds is 42. The normalized spacial score (nSPS) is 19.5. The molecule has 1 rings (SSSR count). The Morgan fingerprint density at radius 1 is 0.565 bits per heavy atom. The van der Waals surface area contributed by atoms with Gasteiger partial charge in [0.2, 0.25) is 0 Å². The molecule has 1 saturated heterocycles. The number of ether oxygens (including phenoxy) is 4. The molecule has 0 aromatic heterocycles. The van der Waals surface area contributed by atoms with E-state index in [1.165, 1.54) is 128 Å². The van der Waals surface area contributed by atoms with Crippen LogP contribution >= 0.6 is 0 Å². The van der Waals surface area contributed by atoms with Crippen LogP contribution in [-0.4, -0.2) is 96.0 Å². The number of carbonyl (C=O) groups is 2. The number of hydrogen-bond acceptors (Lipinski definition) is 11. The summed E-state index contributed by atoms with van der Waals surface area (Å²) in [6.07, 6.45) is 31.7. The van der Waals surface area contributed by atoms with Gasteiger partial charge in [-0.15, -0.1) is 5.73 Å². The highest BCUT2D eigenvalue weighted by molar-refractivity contribution is 7.85. The second kappa shape index (κ2) is 39.5. The van der Waals surface area contributed by atoms with Crippen molar-refractivity contribution in [1.82, 2.24) is 0 Å². The molecule has 12 nitrogen and oxygen atoms in total. The van der Waals surface area contributed by atoms with E-state index in [1.54, 1.807) is 0 Å². The fourth-order valence-electron chi connectivity index (χ4n) is 7.71. The van der Waals surface area contributed by atoms with Gasteiger partial charge in [0, 0.05) is 12.8 Å². The van der Waals surface area contributed by atoms with Crippen molar-refractivity contribution in [2.75, 3.05) is 19.0 Å². The maximum Gasteiger partial charge on any atom is 0.306 e. The van der Waals surface area contributed by atoms with E-state index in [0.29, 0.717) is 12.8 Å². The van der Waals surface area contributed by atoms with Gasteiger partial charge in [-0.3, -0.25) is 14.1 Å². The number of esters is 2. The van der Waals surface area contributed by atoms with Crippen molar-refractivity contribution >= 4 is 22.1 Å². The third-order valence-electron chi connectivity index (χ3n) is 11.6. The Labute approximate surface area is 377 Å². The first-order valence-corrected chi connectivity index (χ1v) is 26.6. The molecular weight excluding hydrogens is 813 g/mol. The van der Waals surface area contributed by atoms with E-state index in [1.807, 2.05) is 0 Å². The topological polar surface area (TPSA) is 186 Å². The zero-order valence-corrected chi connectivity index (χ0v) is 39.9. The van der Waals surface area contributed by atoms with E-state index in [2.05, 4.69) is 31.7 Å². The van der Waals surface area contributed by atoms with Crippen LogP contribution < -0.4 is 0 Å². The Hall–Kier alpha value is -1.83. The van der Waals surface area contributed by atoms with Crippen molar-refractivity contribution in [1.29, 1.82) is 0 Å². The first-order chi connectivity index (χ1) is 30.0. The molecule has 4 N–H and O–H groups in total. The van der Waals surface area contributed by atoms with Crippen molar-refractivity contribution in [3.05, 3.63) is 17.9 Å². The molecule has 0 bridgehead atoms. The Morgan fingerprint density at radius 2 is 0.968 bits per heavy atom. The van der Waals surface area contributed by atoms with Gasteiger partial charge in [0.25, 0.3) is 10.1 Å². The molecule has 0 aromatic carbocycles. The van der Waals surface area contributed by atoms with Gasteiger partial charge in [-0.2, -0.15) is 8.42 Å². The van der Waals surface area contributed by atoms with Gasteiger partial charge in [-0.1, -0.05) is 174 Å². The predicted octanol–water partition coefficient (Wildman–Crippen LogP) is 10.8. The van der Waals surface area contributed by atoms with Crippen molar-refractivity contribution in [2.45, 2.75) is 263 Å². The fraction of sp³-hybridized carbons (Fsp3) is 0.898. The Bertz CT molecular complexity index is 1250. The van der Waals surface area contributed by atoms with Crippen LogP contribution in [0.4, 0.5) is 0 Å². The van der Waals surface area contributed by atoms with Crippen LogP contribution in [0.2, 0.25) is 0 Å². The molecule has 1 aliphatic rings. The summed E-state index contributed by atoms with van der Waals surface area (Å²) in [7, 11) is -4.60. The minimum absolute atomic E-state index is 0.165. The van der Waals surface area contributed by atoms with Gasteiger partial charge >= 0.3 is 11.9 Å². The maximum atomic E-state index is 12.9. The average Bonchev–Trinajstić information content (AvgIpc) is 3.24. The monoisotopic (exact) mass is 903 g/mol. The molecule has 2 unspecified atom stereocenters. The Morgan fingerprint density at radius 3 is 1.40 bits per heavy atom. The second-order valence-corrected chi connectivity index (χ2v) is 19.1. The highest BCUT2D eigenvalue weighted by atomic mass is 32.2. The van der Waals surface area contributed by atoms with E-state index in [0.717, 1.165) is 57.8 Å². The molecule has 6 atom stereocenters. The lowest BCUT2D eigenvalue weighted by molar-refractivity contribution is -0.297. The van der Waals surface area contributed by atoms with Gasteiger partial charge in [-0.25, -0.2) is 0 Å². The lowest BCUT2D eigenvalue weighted by Gasteiger charge is -2.40. The number of carbonyl (C=O) groups excluding carboxylic acids is 2. The summed E-state index contributed by atoms with van der Waals surface area (Å²) in [5.41, 5.74) is 3.28. The molecular formula is C49H90O12S. The standard InChI is InChI=1S/C49H90O12S/c1-3-5-7-9-11-13-15-17-19-20-21-22-24-26-28-30-32-34-36-38-45(51)60-42(40-59-49-48(54)47(53)46(52)43(61-49)41-62(55,56)57)39-58-44(50)37-35-33-31-29-27-25-23-18-16-14-12-10-8-6-4-2/h16,23,42-43,46-49,52-54H,3-15,17,19-22,24-41H2,1-2H3,(H,55,56,57)/t18?,42-,43-,46-,47?,48?,49+/m1/s1. The number of aliphatic hydroxyl groups is 3. The lowest BCUT2D eigenvalue weighted by atomic mass is 10.00. The van der Waals surface area contributed by atoms with E-state index in [-0.39, 0.29) is 19.4 Å². The van der Waals surface area contributed by atoms with Gasteiger partial charge in [0.15, 0.2) is 12.4 Å². The van der Waals surface area contributed by atoms with Crippen molar-refractivity contribution < 1.29 is 56.8 Å². The number of hydrogen-bond donors (Lipinski definition) is 4. The Balaban J connectivity index is 2.39. The largest absolute Gasteiger partial charge is 0.462 e. The van der Waals surface area contributed by atoms with E-state index in [9.17, 15) is 37.9 Å². The van der Waals surface area contributed by atoms with Gasteiger partial charge in [-0.05, 0) is 50.7 Å². The lowest BCUT2D eigenvalue weighted by Crippen LogP contribution is -2.60. The summed E-state index contributed by atoms with van der Waals surface area (Å²) in [5, 5.41) is 30.9. The van der Waals surface area contributed by atoms with E-state index in [4.69, 9.17) is 18.9 Å². The van der Waals surface area contributed by atoms with Crippen LogP contribution in [0.25, 0.3) is 0 Å². The van der Waals surface area contributed by atoms with Crippen LogP contribution in [-0.2, 0) is 38.7 Å². The quantitative estimate of drug-likeness (QED) is 0.0197. The zero-order valence-electron chi connectivity index (χ0n) is 39.0. The highest BCUT2D eigenvalue weighted by Crippen LogP contribution is 2.24. The third-order valence-corrected chi connectivity index (χ3v) is 12.4. The predicted molar refractivity (Wildman–Crippen MR) is 246 cm³/mol. The molecule has 13 heteroatoms. The molecule has 0 radical (unpaired) electrons. The van der Waals surface area contributed by atoms with E-state index < -0.39 is 71.2 Å². The van der Waals surface area contributed by atoms with Crippen LogP contribution in [0, 0.1) is 0 Å². The second-order valence-electron chi connectivity index (χ2n) is 17.6. The molecule has 0 spiro atoms. The number of unbranched alkanes of at least 4 members (excludes halogenated alkanes) is 28. The molecule has 1 fully saturated rings. The fourth-order valence-corrected chi connectivity index (χ4v) is 8.41. The first kappa shape index (κ1) is 58.2. The SMILES string of the molecule is CCCCCCCC=C=CCCCCCCCC(=O)OC[C@H](CO[C@H]1O[C@H](CS(=O)(=O)O)[C@@H](O)C(O)C1O)OC(=O)CCCCCCCCCCCCCCCCCCCCC. The van der Waals surface area contributed by atoms with Crippen LogP contribution in [0.15, 0.2) is 17.9 Å². The first-order valence-electron chi connectivity index (χ1n) is 25.0. The molecule has 1 aliphatic heterocycles. The van der Waals surface area contributed by atoms with Gasteiger partial charge < -0.3 is 34.3 Å². The number of aliphatic hydroxyl groups excluding tert-OH is 3. The number of allylic oxidation sites excluding steroid dienone is 1. The van der Waals surface area contributed by atoms with E-state index >= 15 is 0 Å². The van der Waals surface area contributed by atoms with Crippen LogP contribution in [0.5, 0.6) is 0 Å². The minimum atomic E-state index is -4.60. The molecule has 0 amide bonds. The molecule has 1 heterocycles. The van der Waals surface area contributed by atoms with Crippen molar-refractivity contribution in [2.24, 2.45) is 0 Å². The zero-order chi connectivity index (χ0) is 45.5. The van der Waals surface area contributed by atoms with Gasteiger partial charge in [0.1, 0.15) is 36.8 Å². The molecule has 0 aromatic rings. The molecule has 62 heavy (non-hydrogen) atoms. The smallest absolute Gasteiger partial charge is 0.306 e. The maximum absolute atomic E-state index is 12.9. The minimum Gasteiger partial charge on any atom is -0.462 e. The van der Waals surface area contributed by atoms with Crippen LogP contribution in [0.3, 0.4) is 0 Å². The Kier molecular flexibility index (Phi) is 37.1. The van der Waals surface area contributed by atoms with Crippen LogP contribution in [0.1, 0.15) is 226 Å². The molecule has 364 valence electrons. The summed E-state index contributed by atoms with van der Waals surface area (Å²) in [6, 6.07) is 0. The summed E-state index contributed by atoms with van der Waals surface area (Å²) in [5.74, 6) is -1.99.